The third-order valence-electron chi connectivity index (χ3n) is 3.49. The Bertz CT molecular complexity index is 527. The van der Waals surface area contributed by atoms with Crippen LogP contribution < -0.4 is 10.5 Å². The third kappa shape index (κ3) is 5.06. The van der Waals surface area contributed by atoms with Gasteiger partial charge in [-0.3, -0.25) is 15.5 Å². The zero-order chi connectivity index (χ0) is 16.0. The molecule has 0 bridgehead atoms. The van der Waals surface area contributed by atoms with Crippen LogP contribution in [0.5, 0.6) is 5.75 Å². The van der Waals surface area contributed by atoms with Crippen LogP contribution in [0.2, 0.25) is 0 Å². The van der Waals surface area contributed by atoms with Crippen molar-refractivity contribution < 1.29 is 9.66 Å². The van der Waals surface area contributed by atoms with Gasteiger partial charge < -0.3 is 10.5 Å². The molecule has 0 heterocycles. The van der Waals surface area contributed by atoms with E-state index in [1.807, 2.05) is 20.8 Å². The maximum Gasteiger partial charge on any atom is 0.310 e. The van der Waals surface area contributed by atoms with Gasteiger partial charge in [0.1, 0.15) is 0 Å². The first kappa shape index (κ1) is 16.9. The van der Waals surface area contributed by atoms with Crippen molar-refractivity contribution in [2.24, 2.45) is 11.1 Å². The van der Waals surface area contributed by atoms with Gasteiger partial charge in [0.15, 0.2) is 5.75 Å². The molecule has 0 fully saturated rings. The van der Waals surface area contributed by atoms with Gasteiger partial charge in [-0.05, 0) is 37.8 Å². The molecule has 0 saturated carbocycles. The number of nitro benzene ring substituents is 1. The van der Waals surface area contributed by atoms with Crippen molar-refractivity contribution in [2.75, 3.05) is 6.61 Å². The second-order valence-electron chi connectivity index (χ2n) is 5.83. The molecule has 6 heteroatoms. The first-order chi connectivity index (χ1) is 9.74. The molecule has 1 aromatic rings. The summed E-state index contributed by atoms with van der Waals surface area (Å²) in [4.78, 5) is 10.5. The van der Waals surface area contributed by atoms with E-state index in [1.165, 1.54) is 6.07 Å². The van der Waals surface area contributed by atoms with E-state index in [1.54, 1.807) is 12.1 Å². The highest BCUT2D eigenvalue weighted by atomic mass is 16.6. The molecule has 0 unspecified atom stereocenters. The molecule has 3 N–H and O–H groups in total. The molecule has 0 aliphatic rings. The fourth-order valence-corrected chi connectivity index (χ4v) is 1.87. The van der Waals surface area contributed by atoms with Gasteiger partial charge in [0.05, 0.1) is 17.4 Å². The van der Waals surface area contributed by atoms with E-state index >= 15 is 0 Å². The van der Waals surface area contributed by atoms with E-state index in [0.717, 1.165) is 24.8 Å². The number of nitrogens with one attached hydrogen (secondary N) is 1. The van der Waals surface area contributed by atoms with E-state index in [0.29, 0.717) is 12.4 Å². The van der Waals surface area contributed by atoms with Crippen LogP contribution in [0.25, 0.3) is 0 Å². The number of benzene rings is 1. The standard InChI is InChI=1S/C15H23N3O3/c1-11-6-7-12(18(19)20)13(10-11)21-9-5-4-8-15(2,3)14(16)17/h6-7,10H,4-5,8-9H2,1-3H3,(H3,16,17). The highest BCUT2D eigenvalue weighted by Crippen LogP contribution is 2.28. The van der Waals surface area contributed by atoms with E-state index in [4.69, 9.17) is 15.9 Å². The Morgan fingerprint density at radius 1 is 1.43 bits per heavy atom. The van der Waals surface area contributed by atoms with E-state index in [-0.39, 0.29) is 16.9 Å². The number of nitrogens with zero attached hydrogens (tertiary/aromatic N) is 1. The van der Waals surface area contributed by atoms with Gasteiger partial charge in [-0.2, -0.15) is 0 Å². The van der Waals surface area contributed by atoms with E-state index in [9.17, 15) is 10.1 Å². The Kier molecular flexibility index (Phi) is 5.69. The molecule has 21 heavy (non-hydrogen) atoms. The maximum atomic E-state index is 10.9. The first-order valence-electron chi connectivity index (χ1n) is 6.96. The van der Waals surface area contributed by atoms with Crippen molar-refractivity contribution in [1.29, 1.82) is 5.41 Å². The maximum absolute atomic E-state index is 10.9. The van der Waals surface area contributed by atoms with Crippen LogP contribution in [-0.4, -0.2) is 17.4 Å². The number of hydrogen-bond donors (Lipinski definition) is 2. The van der Waals surface area contributed by atoms with Crippen LogP contribution in [0.1, 0.15) is 38.7 Å². The summed E-state index contributed by atoms with van der Waals surface area (Å²) in [7, 11) is 0. The second kappa shape index (κ2) is 7.06. The topological polar surface area (TPSA) is 102 Å². The zero-order valence-corrected chi connectivity index (χ0v) is 12.8. The summed E-state index contributed by atoms with van der Waals surface area (Å²) in [5.74, 6) is 0.489. The summed E-state index contributed by atoms with van der Waals surface area (Å²) in [6.07, 6.45) is 2.41. The molecule has 0 radical (unpaired) electrons. The average Bonchev–Trinajstić information content (AvgIpc) is 2.37. The molecule has 116 valence electrons. The minimum Gasteiger partial charge on any atom is -0.487 e. The van der Waals surface area contributed by atoms with E-state index in [2.05, 4.69) is 0 Å². The molecule has 1 aromatic carbocycles. The number of amidine groups is 1. The average molecular weight is 293 g/mol. The largest absolute Gasteiger partial charge is 0.487 e. The predicted molar refractivity (Wildman–Crippen MR) is 82.9 cm³/mol. The Morgan fingerprint density at radius 2 is 2.10 bits per heavy atom. The van der Waals surface area contributed by atoms with Crippen LogP contribution >= 0.6 is 0 Å². The Labute approximate surface area is 125 Å². The van der Waals surface area contributed by atoms with Gasteiger partial charge in [0.2, 0.25) is 0 Å². The van der Waals surface area contributed by atoms with Crippen LogP contribution in [0, 0.1) is 27.9 Å². The molecule has 0 spiro atoms. The lowest BCUT2D eigenvalue weighted by molar-refractivity contribution is -0.385. The van der Waals surface area contributed by atoms with Gasteiger partial charge >= 0.3 is 5.69 Å². The molecule has 1 rings (SSSR count). The lowest BCUT2D eigenvalue weighted by Crippen LogP contribution is -2.30. The van der Waals surface area contributed by atoms with Crippen molar-refractivity contribution >= 4 is 11.5 Å². The van der Waals surface area contributed by atoms with E-state index < -0.39 is 4.92 Å². The van der Waals surface area contributed by atoms with Crippen LogP contribution in [-0.2, 0) is 0 Å². The first-order valence-corrected chi connectivity index (χ1v) is 6.96. The molecule has 0 aliphatic heterocycles. The summed E-state index contributed by atoms with van der Waals surface area (Å²) in [5.41, 5.74) is 6.13. The van der Waals surface area contributed by atoms with Crippen LogP contribution in [0.15, 0.2) is 18.2 Å². The van der Waals surface area contributed by atoms with Crippen LogP contribution in [0.4, 0.5) is 5.69 Å². The summed E-state index contributed by atoms with van der Waals surface area (Å²) >= 11 is 0. The Hall–Kier alpha value is -2.11. The third-order valence-corrected chi connectivity index (χ3v) is 3.49. The van der Waals surface area contributed by atoms with Gasteiger partial charge in [-0.1, -0.05) is 19.9 Å². The highest BCUT2D eigenvalue weighted by Gasteiger charge is 2.20. The lowest BCUT2D eigenvalue weighted by Gasteiger charge is -2.22. The molecular formula is C15H23N3O3. The number of hydrogen-bond acceptors (Lipinski definition) is 4. The lowest BCUT2D eigenvalue weighted by atomic mass is 9.86. The second-order valence-corrected chi connectivity index (χ2v) is 5.83. The summed E-state index contributed by atoms with van der Waals surface area (Å²) in [5, 5.41) is 18.4. The highest BCUT2D eigenvalue weighted by molar-refractivity contribution is 5.82. The van der Waals surface area contributed by atoms with Gasteiger partial charge in [0, 0.05) is 11.5 Å². The molecular weight excluding hydrogens is 270 g/mol. The van der Waals surface area contributed by atoms with Crippen molar-refractivity contribution in [1.82, 2.24) is 0 Å². The molecule has 0 amide bonds. The molecule has 0 aliphatic carbocycles. The molecule has 0 atom stereocenters. The number of aryl methyl sites for hydroxylation is 1. The molecule has 0 saturated heterocycles. The number of unbranched alkanes of at least 4 members (excludes halogenated alkanes) is 1. The fraction of sp³-hybridized carbons (Fsp3) is 0.533. The Morgan fingerprint density at radius 3 is 2.67 bits per heavy atom. The van der Waals surface area contributed by atoms with Gasteiger partial charge in [-0.25, -0.2) is 0 Å². The minimum absolute atomic E-state index is 0.00957. The smallest absolute Gasteiger partial charge is 0.310 e. The number of nitrogens with two attached hydrogens (primary N) is 1. The number of nitro groups is 1. The van der Waals surface area contributed by atoms with Crippen molar-refractivity contribution in [3.63, 3.8) is 0 Å². The fourth-order valence-electron chi connectivity index (χ4n) is 1.87. The van der Waals surface area contributed by atoms with Crippen molar-refractivity contribution in [2.45, 2.75) is 40.0 Å². The number of rotatable bonds is 8. The summed E-state index contributed by atoms with van der Waals surface area (Å²) in [6, 6.07) is 4.83. The summed E-state index contributed by atoms with van der Waals surface area (Å²) < 4.78 is 5.53. The SMILES string of the molecule is Cc1ccc([N+](=O)[O-])c(OCCCCC(C)(C)C(=N)N)c1. The van der Waals surface area contributed by atoms with Gasteiger partial charge in [-0.15, -0.1) is 0 Å². The monoisotopic (exact) mass is 293 g/mol. The normalized spacial score (nSPS) is 11.2. The van der Waals surface area contributed by atoms with Crippen molar-refractivity contribution in [3.05, 3.63) is 33.9 Å². The molecule has 6 nitrogen and oxygen atoms in total. The summed E-state index contributed by atoms with van der Waals surface area (Å²) in [6.45, 7) is 6.15. The quantitative estimate of drug-likeness (QED) is 0.252. The Balaban J connectivity index is 2.48. The minimum atomic E-state index is -0.437. The zero-order valence-electron chi connectivity index (χ0n) is 12.8. The van der Waals surface area contributed by atoms with Crippen LogP contribution in [0.3, 0.4) is 0 Å². The predicted octanol–water partition coefficient (Wildman–Crippen LogP) is 3.41. The number of ether oxygens (including phenoxy) is 1. The van der Waals surface area contributed by atoms with Gasteiger partial charge in [0.25, 0.3) is 0 Å². The van der Waals surface area contributed by atoms with Crippen molar-refractivity contribution in [3.8, 4) is 5.75 Å². The molecule has 0 aromatic heterocycles.